The van der Waals surface area contributed by atoms with Crippen LogP contribution in [0.3, 0.4) is 0 Å². The first-order valence-electron chi connectivity index (χ1n) is 5.19. The van der Waals surface area contributed by atoms with Gasteiger partial charge >= 0.3 is 0 Å². The maximum Gasteiger partial charge on any atom is 0.252 e. The van der Waals surface area contributed by atoms with Crippen molar-refractivity contribution in [1.82, 2.24) is 4.90 Å². The number of ether oxygens (including phenoxy) is 1. The fourth-order valence-corrected chi connectivity index (χ4v) is 1.69. The van der Waals surface area contributed by atoms with E-state index in [4.69, 9.17) is 9.84 Å². The third kappa shape index (κ3) is 2.69. The largest absolute Gasteiger partial charge is 0.395 e. The molecule has 0 radical (unpaired) electrons. The van der Waals surface area contributed by atoms with Crippen LogP contribution in [0.2, 0.25) is 0 Å². The summed E-state index contributed by atoms with van der Waals surface area (Å²) in [7, 11) is 0. The van der Waals surface area contributed by atoms with Crippen LogP contribution in [0.1, 0.15) is 26.7 Å². The van der Waals surface area contributed by atoms with Crippen LogP contribution in [0, 0.1) is 0 Å². The molecule has 1 heterocycles. The Morgan fingerprint density at radius 1 is 1.64 bits per heavy atom. The first kappa shape index (κ1) is 11.5. The number of nitrogens with zero attached hydrogens (tertiary/aromatic N) is 1. The summed E-state index contributed by atoms with van der Waals surface area (Å²) in [6.07, 6.45) is 1.50. The minimum Gasteiger partial charge on any atom is -0.395 e. The fraction of sp³-hybridized carbons (Fsp3) is 0.900. The molecule has 0 aromatic heterocycles. The quantitative estimate of drug-likeness (QED) is 0.716. The third-order valence-corrected chi connectivity index (χ3v) is 2.45. The van der Waals surface area contributed by atoms with Gasteiger partial charge in [0.1, 0.15) is 6.10 Å². The van der Waals surface area contributed by atoms with E-state index in [1.807, 2.05) is 13.8 Å². The average molecular weight is 201 g/mol. The molecule has 82 valence electrons. The SMILES string of the molecule is CC(C)N(CCO)C(=O)[C@@H]1CCCO1. The van der Waals surface area contributed by atoms with Crippen LogP contribution in [0.15, 0.2) is 0 Å². The highest BCUT2D eigenvalue weighted by atomic mass is 16.5. The first-order chi connectivity index (χ1) is 6.66. The van der Waals surface area contributed by atoms with Gasteiger partial charge in [-0.25, -0.2) is 0 Å². The van der Waals surface area contributed by atoms with Crippen molar-refractivity contribution in [2.45, 2.75) is 38.8 Å². The van der Waals surface area contributed by atoms with Crippen LogP contribution >= 0.6 is 0 Å². The van der Waals surface area contributed by atoms with E-state index >= 15 is 0 Å². The van der Waals surface area contributed by atoms with Gasteiger partial charge in [-0.3, -0.25) is 4.79 Å². The zero-order valence-electron chi connectivity index (χ0n) is 8.90. The van der Waals surface area contributed by atoms with Gasteiger partial charge < -0.3 is 14.7 Å². The number of carbonyl (C=O) groups is 1. The van der Waals surface area contributed by atoms with Crippen molar-refractivity contribution < 1.29 is 14.6 Å². The smallest absolute Gasteiger partial charge is 0.252 e. The van der Waals surface area contributed by atoms with Crippen LogP contribution in [-0.2, 0) is 9.53 Å². The van der Waals surface area contributed by atoms with Crippen molar-refractivity contribution in [3.63, 3.8) is 0 Å². The fourth-order valence-electron chi connectivity index (χ4n) is 1.69. The van der Waals surface area contributed by atoms with E-state index in [9.17, 15) is 4.79 Å². The maximum absolute atomic E-state index is 11.9. The molecular weight excluding hydrogens is 182 g/mol. The highest BCUT2D eigenvalue weighted by molar-refractivity contribution is 5.81. The summed E-state index contributed by atoms with van der Waals surface area (Å²) < 4.78 is 5.32. The molecule has 14 heavy (non-hydrogen) atoms. The molecule has 0 aromatic rings. The second kappa shape index (κ2) is 5.32. The minimum absolute atomic E-state index is 0.0106. The Labute approximate surface area is 84.8 Å². The summed E-state index contributed by atoms with van der Waals surface area (Å²) >= 11 is 0. The Hall–Kier alpha value is -0.610. The van der Waals surface area contributed by atoms with E-state index in [0.717, 1.165) is 12.8 Å². The van der Waals surface area contributed by atoms with Crippen LogP contribution in [0.5, 0.6) is 0 Å². The molecule has 1 N–H and O–H groups in total. The third-order valence-electron chi connectivity index (χ3n) is 2.45. The number of hydrogen-bond donors (Lipinski definition) is 1. The van der Waals surface area contributed by atoms with Crippen molar-refractivity contribution in [1.29, 1.82) is 0 Å². The molecule has 0 unspecified atom stereocenters. The van der Waals surface area contributed by atoms with Gasteiger partial charge in [0, 0.05) is 19.2 Å². The molecule has 1 atom stereocenters. The molecule has 0 spiro atoms. The number of aliphatic hydroxyl groups excluding tert-OH is 1. The van der Waals surface area contributed by atoms with E-state index in [-0.39, 0.29) is 24.7 Å². The molecule has 1 aliphatic heterocycles. The first-order valence-corrected chi connectivity index (χ1v) is 5.19. The highest BCUT2D eigenvalue weighted by Crippen LogP contribution is 2.15. The van der Waals surface area contributed by atoms with E-state index in [1.54, 1.807) is 4.90 Å². The molecular formula is C10H19NO3. The predicted octanol–water partition coefficient (Wildman–Crippen LogP) is 0.395. The zero-order valence-corrected chi connectivity index (χ0v) is 8.90. The summed E-state index contributed by atoms with van der Waals surface area (Å²) in [4.78, 5) is 13.5. The Morgan fingerprint density at radius 3 is 2.79 bits per heavy atom. The standard InChI is InChI=1S/C10H19NO3/c1-8(2)11(5-6-12)10(13)9-4-3-7-14-9/h8-9,12H,3-7H2,1-2H3/t9-/m0/s1. The summed E-state index contributed by atoms with van der Waals surface area (Å²) in [5.41, 5.74) is 0. The summed E-state index contributed by atoms with van der Waals surface area (Å²) in [5, 5.41) is 8.84. The lowest BCUT2D eigenvalue weighted by Gasteiger charge is -2.28. The lowest BCUT2D eigenvalue weighted by molar-refractivity contribution is -0.143. The van der Waals surface area contributed by atoms with Gasteiger partial charge in [-0.15, -0.1) is 0 Å². The number of rotatable bonds is 4. The van der Waals surface area contributed by atoms with Gasteiger partial charge in [-0.1, -0.05) is 0 Å². The average Bonchev–Trinajstić information content (AvgIpc) is 2.65. The number of carbonyl (C=O) groups excluding carboxylic acids is 1. The number of hydrogen-bond acceptors (Lipinski definition) is 3. The minimum atomic E-state index is -0.274. The highest BCUT2D eigenvalue weighted by Gasteiger charge is 2.29. The summed E-state index contributed by atoms with van der Waals surface area (Å²) in [6, 6.07) is 0.124. The maximum atomic E-state index is 11.9. The van der Waals surface area contributed by atoms with Gasteiger partial charge in [0.2, 0.25) is 0 Å². The molecule has 0 aliphatic carbocycles. The Morgan fingerprint density at radius 2 is 2.36 bits per heavy atom. The van der Waals surface area contributed by atoms with Gasteiger partial charge in [0.05, 0.1) is 6.61 Å². The summed E-state index contributed by atoms with van der Waals surface area (Å²) in [5.74, 6) is 0.0200. The lowest BCUT2D eigenvalue weighted by atomic mass is 10.2. The molecule has 1 saturated heterocycles. The van der Waals surface area contributed by atoms with Crippen molar-refractivity contribution >= 4 is 5.91 Å². The zero-order chi connectivity index (χ0) is 10.6. The van der Waals surface area contributed by atoms with E-state index in [2.05, 4.69) is 0 Å². The summed E-state index contributed by atoms with van der Waals surface area (Å²) in [6.45, 7) is 4.99. The lowest BCUT2D eigenvalue weighted by Crippen LogP contribution is -2.44. The Bertz CT molecular complexity index is 188. The van der Waals surface area contributed by atoms with Gasteiger partial charge in [0.25, 0.3) is 5.91 Å². The second-order valence-electron chi connectivity index (χ2n) is 3.85. The van der Waals surface area contributed by atoms with Crippen LogP contribution in [0.4, 0.5) is 0 Å². The van der Waals surface area contributed by atoms with Crippen LogP contribution in [0.25, 0.3) is 0 Å². The van der Waals surface area contributed by atoms with E-state index in [1.165, 1.54) is 0 Å². The molecule has 1 amide bonds. The van der Waals surface area contributed by atoms with Crippen LogP contribution in [-0.4, -0.2) is 47.8 Å². The van der Waals surface area contributed by atoms with Crippen molar-refractivity contribution in [3.8, 4) is 0 Å². The van der Waals surface area contributed by atoms with Crippen molar-refractivity contribution in [2.24, 2.45) is 0 Å². The van der Waals surface area contributed by atoms with E-state index in [0.29, 0.717) is 13.2 Å². The molecule has 4 nitrogen and oxygen atoms in total. The topological polar surface area (TPSA) is 49.8 Å². The molecule has 0 aromatic carbocycles. The Balaban J connectivity index is 2.53. The van der Waals surface area contributed by atoms with Crippen LogP contribution < -0.4 is 0 Å². The van der Waals surface area contributed by atoms with Gasteiger partial charge in [-0.05, 0) is 26.7 Å². The molecule has 1 fully saturated rings. The molecule has 4 heteroatoms. The van der Waals surface area contributed by atoms with Gasteiger partial charge in [0.15, 0.2) is 0 Å². The predicted molar refractivity (Wildman–Crippen MR) is 52.9 cm³/mol. The molecule has 1 rings (SSSR count). The normalized spacial score (nSPS) is 21.6. The number of aliphatic hydroxyl groups is 1. The van der Waals surface area contributed by atoms with Crippen molar-refractivity contribution in [3.05, 3.63) is 0 Å². The van der Waals surface area contributed by atoms with E-state index < -0.39 is 0 Å². The molecule has 0 bridgehead atoms. The van der Waals surface area contributed by atoms with Crippen molar-refractivity contribution in [2.75, 3.05) is 19.8 Å². The van der Waals surface area contributed by atoms with Gasteiger partial charge in [-0.2, -0.15) is 0 Å². The molecule has 0 saturated carbocycles. The Kier molecular flexibility index (Phi) is 4.35. The number of amides is 1. The monoisotopic (exact) mass is 201 g/mol. The second-order valence-corrected chi connectivity index (χ2v) is 3.85. The molecule has 1 aliphatic rings.